The van der Waals surface area contributed by atoms with Crippen LogP contribution in [0.25, 0.3) is 0 Å². The van der Waals surface area contributed by atoms with Gasteiger partial charge < -0.3 is 24.6 Å². The SMILES string of the molecule is COc1cccc([C@H]2OC(c3ccc(OCCCO)cc3)=N[C@@]2(Cc2ccccc2)C(=O)NCCc2ccc(C)cc2)c1. The molecule has 7 heteroatoms. The normalized spacial score (nSPS) is 17.6. The van der Waals surface area contributed by atoms with Crippen molar-refractivity contribution in [3.8, 4) is 11.5 Å². The molecule has 0 saturated heterocycles. The first-order valence-electron chi connectivity index (χ1n) is 14.6. The largest absolute Gasteiger partial charge is 0.497 e. The van der Waals surface area contributed by atoms with Crippen LogP contribution in [-0.4, -0.2) is 49.3 Å². The fourth-order valence-electron chi connectivity index (χ4n) is 5.22. The first-order valence-corrected chi connectivity index (χ1v) is 14.6. The van der Waals surface area contributed by atoms with Crippen LogP contribution in [0.1, 0.15) is 40.3 Å². The van der Waals surface area contributed by atoms with Gasteiger partial charge in [-0.2, -0.15) is 0 Å². The minimum Gasteiger partial charge on any atom is -0.497 e. The van der Waals surface area contributed by atoms with Gasteiger partial charge in [0, 0.05) is 31.6 Å². The molecular weight excluding hydrogens is 540 g/mol. The molecule has 7 nitrogen and oxygen atoms in total. The summed E-state index contributed by atoms with van der Waals surface area (Å²) in [7, 11) is 1.62. The molecule has 0 spiro atoms. The lowest BCUT2D eigenvalue weighted by atomic mass is 9.82. The molecule has 1 amide bonds. The van der Waals surface area contributed by atoms with Crippen LogP contribution in [0.3, 0.4) is 0 Å². The Morgan fingerprint density at radius 1 is 0.930 bits per heavy atom. The molecule has 43 heavy (non-hydrogen) atoms. The van der Waals surface area contributed by atoms with Gasteiger partial charge in [-0.25, -0.2) is 4.99 Å². The maximum absolute atomic E-state index is 14.4. The number of benzene rings is 4. The van der Waals surface area contributed by atoms with E-state index in [1.54, 1.807) is 7.11 Å². The maximum atomic E-state index is 14.4. The van der Waals surface area contributed by atoms with Crippen molar-refractivity contribution in [2.75, 3.05) is 26.9 Å². The van der Waals surface area contributed by atoms with Crippen LogP contribution in [0.5, 0.6) is 11.5 Å². The Morgan fingerprint density at radius 2 is 1.70 bits per heavy atom. The van der Waals surface area contributed by atoms with Crippen molar-refractivity contribution in [3.05, 3.63) is 131 Å². The number of aryl methyl sites for hydroxylation is 1. The highest BCUT2D eigenvalue weighted by molar-refractivity contribution is 6.01. The van der Waals surface area contributed by atoms with E-state index < -0.39 is 11.6 Å². The predicted octanol–water partition coefficient (Wildman–Crippen LogP) is 5.62. The van der Waals surface area contributed by atoms with E-state index in [1.807, 2.05) is 78.9 Å². The third-order valence-corrected chi connectivity index (χ3v) is 7.56. The quantitative estimate of drug-likeness (QED) is 0.201. The zero-order valence-corrected chi connectivity index (χ0v) is 24.7. The van der Waals surface area contributed by atoms with E-state index in [1.165, 1.54) is 5.56 Å². The highest BCUT2D eigenvalue weighted by Crippen LogP contribution is 2.43. The Kier molecular flexibility index (Phi) is 9.74. The molecule has 0 unspecified atom stereocenters. The molecule has 222 valence electrons. The zero-order chi connectivity index (χ0) is 30.1. The van der Waals surface area contributed by atoms with Gasteiger partial charge in [-0.1, -0.05) is 72.3 Å². The van der Waals surface area contributed by atoms with E-state index in [4.69, 9.17) is 24.3 Å². The van der Waals surface area contributed by atoms with Gasteiger partial charge in [-0.3, -0.25) is 4.79 Å². The number of hydrogen-bond donors (Lipinski definition) is 2. The van der Waals surface area contributed by atoms with Crippen molar-refractivity contribution in [1.29, 1.82) is 0 Å². The molecule has 0 fully saturated rings. The minimum atomic E-state index is -1.27. The highest BCUT2D eigenvalue weighted by Gasteiger charge is 2.53. The summed E-state index contributed by atoms with van der Waals surface area (Å²) in [6, 6.07) is 33.3. The highest BCUT2D eigenvalue weighted by atomic mass is 16.5. The summed E-state index contributed by atoms with van der Waals surface area (Å²) in [5, 5.41) is 12.2. The van der Waals surface area contributed by atoms with Gasteiger partial charge in [-0.15, -0.1) is 0 Å². The number of nitrogens with one attached hydrogen (secondary N) is 1. The Hall–Kier alpha value is -4.62. The monoisotopic (exact) mass is 578 g/mol. The topological polar surface area (TPSA) is 89.4 Å². The lowest BCUT2D eigenvalue weighted by molar-refractivity contribution is -0.128. The summed E-state index contributed by atoms with van der Waals surface area (Å²) in [6.07, 6.45) is 0.906. The molecule has 4 aromatic rings. The van der Waals surface area contributed by atoms with Gasteiger partial charge in [0.2, 0.25) is 5.90 Å². The first kappa shape index (κ1) is 29.9. The third-order valence-electron chi connectivity index (χ3n) is 7.56. The van der Waals surface area contributed by atoms with Crippen molar-refractivity contribution in [2.45, 2.75) is 37.8 Å². The van der Waals surface area contributed by atoms with Crippen LogP contribution < -0.4 is 14.8 Å². The number of hydrogen-bond acceptors (Lipinski definition) is 6. The summed E-state index contributed by atoms with van der Waals surface area (Å²) < 4.78 is 17.9. The van der Waals surface area contributed by atoms with Gasteiger partial charge in [0.15, 0.2) is 11.6 Å². The molecule has 0 radical (unpaired) electrons. The number of ether oxygens (including phenoxy) is 3. The molecule has 1 aliphatic heterocycles. The second-order valence-electron chi connectivity index (χ2n) is 10.7. The molecule has 1 heterocycles. The molecule has 2 N–H and O–H groups in total. The van der Waals surface area contributed by atoms with Crippen LogP contribution >= 0.6 is 0 Å². The third kappa shape index (κ3) is 7.24. The van der Waals surface area contributed by atoms with E-state index >= 15 is 0 Å². The Balaban J connectivity index is 1.51. The van der Waals surface area contributed by atoms with Crippen molar-refractivity contribution >= 4 is 11.8 Å². The summed E-state index contributed by atoms with van der Waals surface area (Å²) in [6.45, 7) is 3.03. The summed E-state index contributed by atoms with van der Waals surface area (Å²) >= 11 is 0. The number of carbonyl (C=O) groups is 1. The average molecular weight is 579 g/mol. The number of carbonyl (C=O) groups excluding carboxylic acids is 1. The second-order valence-corrected chi connectivity index (χ2v) is 10.7. The van der Waals surface area contributed by atoms with Crippen LogP contribution in [0.2, 0.25) is 0 Å². The minimum absolute atomic E-state index is 0.0744. The Morgan fingerprint density at radius 3 is 2.42 bits per heavy atom. The maximum Gasteiger partial charge on any atom is 0.252 e. The lowest BCUT2D eigenvalue weighted by Gasteiger charge is -2.31. The van der Waals surface area contributed by atoms with Crippen molar-refractivity contribution in [1.82, 2.24) is 5.32 Å². The number of aliphatic hydroxyl groups excluding tert-OH is 1. The van der Waals surface area contributed by atoms with Crippen molar-refractivity contribution < 1.29 is 24.1 Å². The van der Waals surface area contributed by atoms with E-state index in [2.05, 4.69) is 36.5 Å². The predicted molar refractivity (Wildman–Crippen MR) is 168 cm³/mol. The van der Waals surface area contributed by atoms with Gasteiger partial charge >= 0.3 is 0 Å². The van der Waals surface area contributed by atoms with E-state index in [0.717, 1.165) is 22.3 Å². The van der Waals surface area contributed by atoms with E-state index in [9.17, 15) is 4.79 Å². The number of amides is 1. The molecule has 5 rings (SSSR count). The van der Waals surface area contributed by atoms with Gasteiger partial charge in [0.25, 0.3) is 5.91 Å². The van der Waals surface area contributed by atoms with Crippen LogP contribution in [0.4, 0.5) is 0 Å². The smallest absolute Gasteiger partial charge is 0.252 e. The van der Waals surface area contributed by atoms with Crippen LogP contribution in [-0.2, 0) is 22.4 Å². The molecule has 1 aliphatic rings. The first-order chi connectivity index (χ1) is 21.0. The van der Waals surface area contributed by atoms with Gasteiger partial charge in [-0.05, 0) is 66.4 Å². The van der Waals surface area contributed by atoms with E-state index in [-0.39, 0.29) is 12.5 Å². The average Bonchev–Trinajstić information content (AvgIpc) is 3.43. The fourth-order valence-corrected chi connectivity index (χ4v) is 5.22. The molecule has 0 bridgehead atoms. The van der Waals surface area contributed by atoms with Gasteiger partial charge in [0.05, 0.1) is 13.7 Å². The molecule has 0 aromatic heterocycles. The number of aliphatic hydroxyl groups is 1. The number of methoxy groups -OCH3 is 1. The van der Waals surface area contributed by atoms with Crippen molar-refractivity contribution in [2.24, 2.45) is 4.99 Å². The summed E-state index contributed by atoms with van der Waals surface area (Å²) in [4.78, 5) is 19.5. The molecule has 0 saturated carbocycles. The fraction of sp³-hybridized carbons (Fsp3) is 0.278. The van der Waals surface area contributed by atoms with Crippen molar-refractivity contribution in [3.63, 3.8) is 0 Å². The Bertz CT molecular complexity index is 1520. The molecule has 0 aliphatic carbocycles. The standard InChI is InChI=1S/C36H38N2O5/c1-26-12-14-27(15-13-26)20-21-37-35(40)36(25-28-8-4-3-5-9-28)33(30-10-6-11-32(24-30)41-2)43-34(38-36)29-16-18-31(19-17-29)42-23-7-22-39/h3-6,8-19,24,33,39H,7,20-23,25H2,1-2H3,(H,37,40)/t33-,36-/m1/s1. The zero-order valence-electron chi connectivity index (χ0n) is 24.7. The van der Waals surface area contributed by atoms with Crippen LogP contribution in [0.15, 0.2) is 108 Å². The lowest BCUT2D eigenvalue weighted by Crippen LogP contribution is -2.50. The second kappa shape index (κ2) is 14.0. The van der Waals surface area contributed by atoms with E-state index in [0.29, 0.717) is 49.8 Å². The number of aliphatic imine (C=N–C) groups is 1. The number of nitrogens with zero attached hydrogens (tertiary/aromatic N) is 1. The summed E-state index contributed by atoms with van der Waals surface area (Å²) in [5.74, 6) is 1.55. The molecule has 4 aromatic carbocycles. The van der Waals surface area contributed by atoms with Gasteiger partial charge in [0.1, 0.15) is 11.5 Å². The number of rotatable bonds is 13. The van der Waals surface area contributed by atoms with Crippen LogP contribution in [0, 0.1) is 6.92 Å². The Labute approximate surface area is 253 Å². The summed E-state index contributed by atoms with van der Waals surface area (Å²) in [5.41, 5.74) is 3.60. The molecule has 2 atom stereocenters. The molecular formula is C36H38N2O5.